The number of carbonyl (C=O) groups excluding carboxylic acids is 2. The first-order chi connectivity index (χ1) is 8.87. The van der Waals surface area contributed by atoms with Gasteiger partial charge in [-0.15, -0.1) is 0 Å². The van der Waals surface area contributed by atoms with Gasteiger partial charge in [-0.25, -0.2) is 0 Å². The molecular formula is C11H17NO5S2. The Hall–Kier alpha value is -0.600. The molecule has 2 fully saturated rings. The van der Waals surface area contributed by atoms with E-state index in [4.69, 9.17) is 4.55 Å². The van der Waals surface area contributed by atoms with E-state index in [9.17, 15) is 18.0 Å². The molecule has 2 aliphatic rings. The topological polar surface area (TPSA) is 101 Å². The van der Waals surface area contributed by atoms with E-state index >= 15 is 0 Å². The number of imide groups is 1. The van der Waals surface area contributed by atoms with E-state index in [0.29, 0.717) is 23.8 Å². The van der Waals surface area contributed by atoms with E-state index in [0.717, 1.165) is 12.8 Å². The van der Waals surface area contributed by atoms with Crippen molar-refractivity contribution < 1.29 is 22.6 Å². The molecular weight excluding hydrogens is 290 g/mol. The highest BCUT2D eigenvalue weighted by molar-refractivity contribution is 7.99. The third-order valence-electron chi connectivity index (χ3n) is 3.62. The normalized spacial score (nSPS) is 31.1. The van der Waals surface area contributed by atoms with Gasteiger partial charge in [0.2, 0.25) is 11.8 Å². The van der Waals surface area contributed by atoms with Gasteiger partial charge in [-0.05, 0) is 31.4 Å². The Morgan fingerprint density at radius 3 is 2.58 bits per heavy atom. The van der Waals surface area contributed by atoms with Crippen LogP contribution in [0, 0.1) is 11.8 Å². The molecule has 3 atom stereocenters. The molecule has 0 radical (unpaired) electrons. The fraction of sp³-hybridized carbons (Fsp3) is 0.818. The van der Waals surface area contributed by atoms with Gasteiger partial charge in [-0.3, -0.25) is 19.5 Å². The fourth-order valence-corrected chi connectivity index (χ4v) is 4.67. The van der Waals surface area contributed by atoms with Gasteiger partial charge < -0.3 is 0 Å². The number of carbonyl (C=O) groups is 2. The number of fused-ring (bicyclic) bond motifs is 1. The highest BCUT2D eigenvalue weighted by atomic mass is 32.2. The van der Waals surface area contributed by atoms with Crippen molar-refractivity contribution >= 4 is 33.7 Å². The smallest absolute Gasteiger partial charge is 0.264 e. The lowest BCUT2D eigenvalue weighted by atomic mass is 9.81. The van der Waals surface area contributed by atoms with E-state index in [1.54, 1.807) is 11.8 Å². The molecule has 0 aromatic heterocycles. The van der Waals surface area contributed by atoms with Crippen molar-refractivity contribution in [2.45, 2.75) is 30.9 Å². The minimum Gasteiger partial charge on any atom is -0.296 e. The Balaban J connectivity index is 1.75. The summed E-state index contributed by atoms with van der Waals surface area (Å²) in [5, 5.41) is 2.66. The second-order valence-electron chi connectivity index (χ2n) is 5.01. The van der Waals surface area contributed by atoms with Crippen LogP contribution in [0.5, 0.6) is 0 Å². The van der Waals surface area contributed by atoms with Crippen LogP contribution < -0.4 is 5.32 Å². The Morgan fingerprint density at radius 1 is 1.21 bits per heavy atom. The quantitative estimate of drug-likeness (QED) is 0.434. The summed E-state index contributed by atoms with van der Waals surface area (Å²) in [7, 11) is -3.88. The highest BCUT2D eigenvalue weighted by Gasteiger charge is 2.45. The lowest BCUT2D eigenvalue weighted by molar-refractivity contribution is -0.126. The van der Waals surface area contributed by atoms with Crippen molar-refractivity contribution in [1.29, 1.82) is 0 Å². The second kappa shape index (κ2) is 5.80. The number of rotatable bonds is 5. The van der Waals surface area contributed by atoms with Gasteiger partial charge in [0.25, 0.3) is 10.1 Å². The first kappa shape index (κ1) is 14.8. The summed E-state index contributed by atoms with van der Waals surface area (Å²) in [6, 6.07) is 0. The lowest BCUT2D eigenvalue weighted by Crippen LogP contribution is -2.28. The van der Waals surface area contributed by atoms with Crippen molar-refractivity contribution in [2.24, 2.45) is 11.8 Å². The minimum atomic E-state index is -3.88. The molecule has 1 saturated heterocycles. The van der Waals surface area contributed by atoms with Crippen LogP contribution in [-0.2, 0) is 19.7 Å². The van der Waals surface area contributed by atoms with Crippen LogP contribution in [0.1, 0.15) is 25.7 Å². The molecule has 0 spiro atoms. The van der Waals surface area contributed by atoms with Crippen LogP contribution in [0.4, 0.5) is 0 Å². The summed E-state index contributed by atoms with van der Waals surface area (Å²) >= 11 is 1.62. The average molecular weight is 307 g/mol. The van der Waals surface area contributed by atoms with Gasteiger partial charge in [0, 0.05) is 5.25 Å². The van der Waals surface area contributed by atoms with Gasteiger partial charge in [0.15, 0.2) is 0 Å². The summed E-state index contributed by atoms with van der Waals surface area (Å²) in [6.45, 7) is 0. The molecule has 0 bridgehead atoms. The van der Waals surface area contributed by atoms with Crippen LogP contribution in [0.25, 0.3) is 0 Å². The van der Waals surface area contributed by atoms with Crippen LogP contribution >= 0.6 is 11.8 Å². The van der Waals surface area contributed by atoms with Gasteiger partial charge in [-0.2, -0.15) is 20.2 Å². The summed E-state index contributed by atoms with van der Waals surface area (Å²) in [4.78, 5) is 23.0. The fourth-order valence-electron chi connectivity index (χ4n) is 2.69. The minimum absolute atomic E-state index is 0.148. The predicted molar refractivity (Wildman–Crippen MR) is 71.3 cm³/mol. The number of hydrogen-bond acceptors (Lipinski definition) is 5. The third-order valence-corrected chi connectivity index (χ3v) is 5.85. The molecule has 19 heavy (non-hydrogen) atoms. The third kappa shape index (κ3) is 3.93. The molecule has 8 heteroatoms. The Morgan fingerprint density at radius 2 is 1.89 bits per heavy atom. The standard InChI is InChI=1S/C11H17NO5S2/c13-10-8-3-2-7(6-9(8)11(14)12-10)18-4-1-5-19(15,16)17/h7-9H,1-6H2,(H,12,13,14)(H,15,16,17). The van der Waals surface area contributed by atoms with Gasteiger partial charge in [-0.1, -0.05) is 0 Å². The van der Waals surface area contributed by atoms with Gasteiger partial charge in [0.1, 0.15) is 0 Å². The largest absolute Gasteiger partial charge is 0.296 e. The molecule has 3 unspecified atom stereocenters. The number of hydrogen-bond donors (Lipinski definition) is 2. The summed E-state index contributed by atoms with van der Waals surface area (Å²) < 4.78 is 29.7. The maximum Gasteiger partial charge on any atom is 0.264 e. The lowest BCUT2D eigenvalue weighted by Gasteiger charge is -2.28. The molecule has 1 aliphatic heterocycles. The van der Waals surface area contributed by atoms with Crippen LogP contribution in [0.3, 0.4) is 0 Å². The summed E-state index contributed by atoms with van der Waals surface area (Å²) in [5.74, 6) is -0.277. The zero-order chi connectivity index (χ0) is 14.0. The molecule has 2 N–H and O–H groups in total. The molecule has 1 saturated carbocycles. The maximum absolute atomic E-state index is 11.6. The molecule has 2 rings (SSSR count). The Bertz CT molecular complexity index is 475. The Labute approximate surface area is 116 Å². The van der Waals surface area contributed by atoms with Crippen molar-refractivity contribution in [3.63, 3.8) is 0 Å². The second-order valence-corrected chi connectivity index (χ2v) is 7.99. The maximum atomic E-state index is 11.6. The van der Waals surface area contributed by atoms with Gasteiger partial charge in [0.05, 0.1) is 17.6 Å². The van der Waals surface area contributed by atoms with Crippen molar-refractivity contribution in [2.75, 3.05) is 11.5 Å². The molecule has 6 nitrogen and oxygen atoms in total. The molecule has 2 amide bonds. The van der Waals surface area contributed by atoms with Crippen LogP contribution in [-0.4, -0.2) is 41.5 Å². The molecule has 0 aromatic rings. The van der Waals surface area contributed by atoms with Crippen LogP contribution in [0.15, 0.2) is 0 Å². The summed E-state index contributed by atoms with van der Waals surface area (Å²) in [6.07, 6.45) is 2.68. The molecule has 1 aliphatic carbocycles. The Kier molecular flexibility index (Phi) is 4.52. The van der Waals surface area contributed by atoms with E-state index in [2.05, 4.69) is 5.32 Å². The first-order valence-corrected chi connectivity index (χ1v) is 8.94. The molecule has 1 heterocycles. The van der Waals surface area contributed by atoms with Crippen LogP contribution in [0.2, 0.25) is 0 Å². The average Bonchev–Trinajstić information content (AvgIpc) is 2.59. The number of amides is 2. The van der Waals surface area contributed by atoms with E-state index in [1.807, 2.05) is 0 Å². The SMILES string of the molecule is O=C1NC(=O)C2CC(SCCCS(=O)(=O)O)CCC12. The van der Waals surface area contributed by atoms with Crippen molar-refractivity contribution in [3.8, 4) is 0 Å². The van der Waals surface area contributed by atoms with E-state index in [1.165, 1.54) is 0 Å². The van der Waals surface area contributed by atoms with E-state index in [-0.39, 0.29) is 29.4 Å². The number of nitrogens with one attached hydrogen (secondary N) is 1. The zero-order valence-corrected chi connectivity index (χ0v) is 12.0. The predicted octanol–water partition coefficient (Wildman–Crippen LogP) is 0.439. The van der Waals surface area contributed by atoms with Crippen molar-refractivity contribution in [1.82, 2.24) is 5.32 Å². The van der Waals surface area contributed by atoms with Gasteiger partial charge >= 0.3 is 0 Å². The molecule has 0 aromatic carbocycles. The van der Waals surface area contributed by atoms with Crippen molar-refractivity contribution in [3.05, 3.63) is 0 Å². The highest BCUT2D eigenvalue weighted by Crippen LogP contribution is 2.39. The van der Waals surface area contributed by atoms with E-state index < -0.39 is 10.1 Å². The zero-order valence-electron chi connectivity index (χ0n) is 10.4. The summed E-state index contributed by atoms with van der Waals surface area (Å²) in [5.41, 5.74) is 0. The number of thioether (sulfide) groups is 1. The first-order valence-electron chi connectivity index (χ1n) is 6.28. The molecule has 108 valence electrons. The monoisotopic (exact) mass is 307 g/mol.